The van der Waals surface area contributed by atoms with E-state index < -0.39 is 21.9 Å². The summed E-state index contributed by atoms with van der Waals surface area (Å²) in [4.78, 5) is 32.7. The van der Waals surface area contributed by atoms with Crippen molar-refractivity contribution in [2.75, 3.05) is 25.9 Å². The molecule has 3 fully saturated rings. The van der Waals surface area contributed by atoms with Crippen LogP contribution in [0.3, 0.4) is 0 Å². The van der Waals surface area contributed by atoms with Crippen molar-refractivity contribution in [3.63, 3.8) is 0 Å². The number of sulfonamides is 1. The van der Waals surface area contributed by atoms with E-state index in [0.717, 1.165) is 25.3 Å². The molecule has 164 valence electrons. The van der Waals surface area contributed by atoms with E-state index in [1.165, 1.54) is 6.20 Å². The van der Waals surface area contributed by atoms with Crippen LogP contribution in [-0.4, -0.2) is 79.0 Å². The molecule has 3 atom stereocenters. The van der Waals surface area contributed by atoms with Crippen LogP contribution in [0.15, 0.2) is 18.5 Å². The average Bonchev–Trinajstić information content (AvgIpc) is 3.43. The van der Waals surface area contributed by atoms with Gasteiger partial charge in [-0.05, 0) is 25.3 Å². The van der Waals surface area contributed by atoms with Crippen LogP contribution in [-0.2, 0) is 26.2 Å². The first-order valence-corrected chi connectivity index (χ1v) is 12.0. The molecule has 1 aromatic heterocycles. The molecule has 0 spiro atoms. The fraction of sp³-hybridized carbons (Fsp3) is 0.632. The highest BCUT2D eigenvalue weighted by Gasteiger charge is 2.46. The number of carbonyl (C=O) groups is 2. The predicted octanol–water partition coefficient (Wildman–Crippen LogP) is -0.550. The third kappa shape index (κ3) is 4.79. The maximum atomic E-state index is 14.2. The second-order valence-corrected chi connectivity index (χ2v) is 10.2. The second kappa shape index (κ2) is 8.20. The van der Waals surface area contributed by atoms with Crippen LogP contribution < -0.4 is 10.0 Å². The Labute approximate surface area is 175 Å². The van der Waals surface area contributed by atoms with Crippen molar-refractivity contribution in [1.29, 1.82) is 0 Å². The van der Waals surface area contributed by atoms with E-state index in [2.05, 4.69) is 15.0 Å². The number of nitrogens with one attached hydrogen (secondary N) is 2. The maximum absolute atomic E-state index is 14.2. The van der Waals surface area contributed by atoms with Crippen molar-refractivity contribution in [2.45, 2.75) is 43.9 Å². The Morgan fingerprint density at radius 1 is 1.33 bits per heavy atom. The summed E-state index contributed by atoms with van der Waals surface area (Å²) < 4.78 is 40.0. The first-order chi connectivity index (χ1) is 14.2. The van der Waals surface area contributed by atoms with Gasteiger partial charge in [0.15, 0.2) is 0 Å². The predicted molar refractivity (Wildman–Crippen MR) is 106 cm³/mol. The highest BCUT2D eigenvalue weighted by molar-refractivity contribution is 7.88. The minimum absolute atomic E-state index is 0.0256. The summed E-state index contributed by atoms with van der Waals surface area (Å²) >= 11 is 0. The topological polar surface area (TPSA) is 112 Å². The van der Waals surface area contributed by atoms with E-state index in [0.29, 0.717) is 25.1 Å². The monoisotopic (exact) mass is 439 g/mol. The molecule has 0 radical (unpaired) electrons. The quantitative estimate of drug-likeness (QED) is 0.590. The van der Waals surface area contributed by atoms with Crippen molar-refractivity contribution in [2.24, 2.45) is 5.92 Å². The molecule has 2 amide bonds. The van der Waals surface area contributed by atoms with Gasteiger partial charge in [-0.3, -0.25) is 19.5 Å². The molecule has 2 aliphatic heterocycles. The van der Waals surface area contributed by atoms with E-state index in [1.54, 1.807) is 11.0 Å². The number of rotatable bonds is 7. The number of aromatic nitrogens is 1. The number of pyridine rings is 1. The van der Waals surface area contributed by atoms with Crippen molar-refractivity contribution in [3.05, 3.63) is 29.8 Å². The molecule has 3 heterocycles. The molecule has 1 aromatic rings. The van der Waals surface area contributed by atoms with Crippen LogP contribution in [0.4, 0.5) is 4.39 Å². The number of nitrogens with zero attached hydrogens (tertiary/aromatic N) is 3. The molecule has 1 saturated carbocycles. The molecular formula is C19H26FN5O4S. The minimum atomic E-state index is -3.39. The van der Waals surface area contributed by atoms with Gasteiger partial charge in [-0.25, -0.2) is 17.5 Å². The Morgan fingerprint density at radius 2 is 2.10 bits per heavy atom. The Bertz CT molecular complexity index is 939. The molecule has 4 rings (SSSR count). The number of hydrogen-bond donors (Lipinski definition) is 2. The smallest absolute Gasteiger partial charge is 0.242 e. The second-order valence-electron chi connectivity index (χ2n) is 8.40. The summed E-state index contributed by atoms with van der Waals surface area (Å²) in [6.07, 6.45) is 5.96. The zero-order valence-electron chi connectivity index (χ0n) is 16.8. The Kier molecular flexibility index (Phi) is 5.78. The summed E-state index contributed by atoms with van der Waals surface area (Å²) in [7, 11) is -3.39. The minimum Gasteiger partial charge on any atom is -0.354 e. The summed E-state index contributed by atoms with van der Waals surface area (Å²) in [6, 6.07) is 0.424. The van der Waals surface area contributed by atoms with Gasteiger partial charge in [0.05, 0.1) is 12.5 Å². The number of fused-ring (bicyclic) bond motifs is 1. The fourth-order valence-electron chi connectivity index (χ4n) is 4.32. The number of hydrogen-bond acceptors (Lipinski definition) is 6. The van der Waals surface area contributed by atoms with E-state index in [9.17, 15) is 22.4 Å². The molecule has 11 heteroatoms. The molecule has 2 N–H and O–H groups in total. The normalized spacial score (nSPS) is 27.2. The van der Waals surface area contributed by atoms with E-state index in [4.69, 9.17) is 0 Å². The zero-order chi connectivity index (χ0) is 21.5. The van der Waals surface area contributed by atoms with Crippen LogP contribution in [0.5, 0.6) is 0 Å². The molecule has 30 heavy (non-hydrogen) atoms. The Hall–Kier alpha value is -2.11. The summed E-state index contributed by atoms with van der Waals surface area (Å²) in [5, 5.41) is 2.86. The van der Waals surface area contributed by atoms with Crippen LogP contribution in [0.2, 0.25) is 0 Å². The highest BCUT2D eigenvalue weighted by Crippen LogP contribution is 2.30. The molecule has 0 unspecified atom stereocenters. The molecule has 2 saturated heterocycles. The van der Waals surface area contributed by atoms with Crippen LogP contribution in [0, 0.1) is 11.7 Å². The first-order valence-electron chi connectivity index (χ1n) is 10.1. The average molecular weight is 440 g/mol. The van der Waals surface area contributed by atoms with Gasteiger partial charge in [0.1, 0.15) is 11.9 Å². The molecular weight excluding hydrogens is 413 g/mol. The Balaban J connectivity index is 1.52. The largest absolute Gasteiger partial charge is 0.354 e. The molecule has 1 aliphatic carbocycles. The highest BCUT2D eigenvalue weighted by atomic mass is 32.2. The van der Waals surface area contributed by atoms with E-state index >= 15 is 0 Å². The standard InChI is InChI=1S/C19H26FN5O4S/c1-30(28,29)23-14-6-15-11-24(9-13-4-5-21-7-16(13)20)17(19(27)25(15)10-14)8-22-18(26)12-2-3-12/h4-5,7,12,14-15,17,23H,2-3,6,8-11H2,1H3,(H,22,26)/t14-,15-,17-/m0/s1. The van der Waals surface area contributed by atoms with Crippen molar-refractivity contribution < 1.29 is 22.4 Å². The number of amides is 2. The third-order valence-corrected chi connectivity index (χ3v) is 6.66. The SMILES string of the molecule is CS(=O)(=O)N[C@H]1C[C@H]2CN(Cc3ccncc3F)[C@@H](CNC(=O)C3CC3)C(=O)N2C1. The van der Waals surface area contributed by atoms with Crippen molar-refractivity contribution in [1.82, 2.24) is 24.8 Å². The lowest BCUT2D eigenvalue weighted by Crippen LogP contribution is -2.62. The third-order valence-electron chi connectivity index (χ3n) is 5.90. The first kappa shape index (κ1) is 21.1. The number of carbonyl (C=O) groups excluding carboxylic acids is 2. The Morgan fingerprint density at radius 3 is 2.77 bits per heavy atom. The van der Waals surface area contributed by atoms with Crippen LogP contribution in [0.1, 0.15) is 24.8 Å². The molecule has 0 bridgehead atoms. The van der Waals surface area contributed by atoms with Gasteiger partial charge >= 0.3 is 0 Å². The fourth-order valence-corrected chi connectivity index (χ4v) is 5.10. The van der Waals surface area contributed by atoms with Crippen molar-refractivity contribution >= 4 is 21.8 Å². The van der Waals surface area contributed by atoms with Crippen LogP contribution >= 0.6 is 0 Å². The number of halogens is 1. The summed E-state index contributed by atoms with van der Waals surface area (Å²) in [6.45, 7) is 1.12. The van der Waals surface area contributed by atoms with Gasteiger partial charge in [-0.1, -0.05) is 0 Å². The maximum Gasteiger partial charge on any atom is 0.242 e. The van der Waals surface area contributed by atoms with Gasteiger partial charge in [-0.2, -0.15) is 0 Å². The zero-order valence-corrected chi connectivity index (χ0v) is 17.6. The summed E-state index contributed by atoms with van der Waals surface area (Å²) in [5.74, 6) is -0.651. The van der Waals surface area contributed by atoms with Gasteiger partial charge < -0.3 is 10.2 Å². The van der Waals surface area contributed by atoms with Gasteiger partial charge in [0.25, 0.3) is 0 Å². The van der Waals surface area contributed by atoms with Crippen LogP contribution in [0.25, 0.3) is 0 Å². The lowest BCUT2D eigenvalue weighted by atomic mass is 10.0. The number of piperazine rings is 1. The van der Waals surface area contributed by atoms with Crippen molar-refractivity contribution in [3.8, 4) is 0 Å². The summed E-state index contributed by atoms with van der Waals surface area (Å²) in [5.41, 5.74) is 0.425. The molecule has 9 nitrogen and oxygen atoms in total. The van der Waals surface area contributed by atoms with E-state index in [1.807, 2.05) is 4.90 Å². The van der Waals surface area contributed by atoms with Gasteiger partial charge in [-0.15, -0.1) is 0 Å². The van der Waals surface area contributed by atoms with Gasteiger partial charge in [0, 0.05) is 55.9 Å². The van der Waals surface area contributed by atoms with E-state index in [-0.39, 0.29) is 42.9 Å². The lowest BCUT2D eigenvalue weighted by Gasteiger charge is -2.42. The van der Waals surface area contributed by atoms with Gasteiger partial charge in [0.2, 0.25) is 21.8 Å². The molecule has 0 aromatic carbocycles. The molecule has 3 aliphatic rings. The lowest BCUT2D eigenvalue weighted by molar-refractivity contribution is -0.144.